The summed E-state index contributed by atoms with van der Waals surface area (Å²) in [6.07, 6.45) is 2.02. The van der Waals surface area contributed by atoms with Crippen molar-refractivity contribution in [2.45, 2.75) is 64.1 Å². The summed E-state index contributed by atoms with van der Waals surface area (Å²) in [5.41, 5.74) is 10.4. The monoisotopic (exact) mass is 631 g/mol. The molecule has 3 amide bonds. The Balaban J connectivity index is 1.50. The first-order valence-electron chi connectivity index (χ1n) is 15.3. The number of hydrogen-bond donors (Lipinski definition) is 3. The fourth-order valence-electron chi connectivity index (χ4n) is 5.47. The van der Waals surface area contributed by atoms with E-state index in [1.54, 1.807) is 35.2 Å². The number of hydrogen-bond acceptors (Lipinski definition) is 6. The second kappa shape index (κ2) is 15.7. The molecule has 3 aromatic carbocycles. The van der Waals surface area contributed by atoms with Crippen LogP contribution >= 0.6 is 11.6 Å². The molecule has 2 atom stereocenters. The van der Waals surface area contributed by atoms with Gasteiger partial charge < -0.3 is 26.2 Å². The standard InChI is InChI=1S/C35H42ClN5O4/c1-23-19-27(14-15-29(23)36)38-34(44)30(13-6-7-18-37)39-35(45)31-21-24-9-4-5-10-26(24)22-41(31)33(43)17-16-32(42)25-11-8-12-28(20-25)40(2)3/h4-5,8-12,14-15,19-20,30-31H,6-7,13,16-18,21-22,37H2,1-3H3,(H,38,44)(H,39,45)/t30-,31-/m0/s1. The summed E-state index contributed by atoms with van der Waals surface area (Å²) in [4.78, 5) is 57.4. The van der Waals surface area contributed by atoms with E-state index < -0.39 is 18.0 Å². The molecule has 45 heavy (non-hydrogen) atoms. The van der Waals surface area contributed by atoms with Crippen molar-refractivity contribution in [2.75, 3.05) is 30.9 Å². The number of nitrogens with two attached hydrogens (primary N) is 1. The highest BCUT2D eigenvalue weighted by Gasteiger charge is 2.36. The summed E-state index contributed by atoms with van der Waals surface area (Å²) in [7, 11) is 3.80. The van der Waals surface area contributed by atoms with Gasteiger partial charge in [-0.3, -0.25) is 19.2 Å². The Morgan fingerprint density at radius 3 is 2.44 bits per heavy atom. The molecule has 1 aliphatic heterocycles. The van der Waals surface area contributed by atoms with Crippen LogP contribution in [0.25, 0.3) is 0 Å². The number of nitrogens with zero attached hydrogens (tertiary/aromatic N) is 2. The van der Waals surface area contributed by atoms with Gasteiger partial charge in [-0.05, 0) is 79.8 Å². The van der Waals surface area contributed by atoms with E-state index in [9.17, 15) is 19.2 Å². The number of ketones is 1. The largest absolute Gasteiger partial charge is 0.378 e. The molecule has 0 aromatic heterocycles. The molecule has 10 heteroatoms. The lowest BCUT2D eigenvalue weighted by atomic mass is 9.92. The van der Waals surface area contributed by atoms with Gasteiger partial charge in [0.1, 0.15) is 12.1 Å². The van der Waals surface area contributed by atoms with Crippen molar-refractivity contribution >= 4 is 46.5 Å². The third-order valence-electron chi connectivity index (χ3n) is 8.13. The minimum absolute atomic E-state index is 0.0207. The number of amides is 3. The molecule has 0 aliphatic carbocycles. The van der Waals surface area contributed by atoms with Crippen molar-refractivity contribution in [2.24, 2.45) is 5.73 Å². The summed E-state index contributed by atoms with van der Waals surface area (Å²) >= 11 is 6.15. The Bertz CT molecular complexity index is 1540. The summed E-state index contributed by atoms with van der Waals surface area (Å²) < 4.78 is 0. The van der Waals surface area contributed by atoms with Gasteiger partial charge in [0, 0.05) is 61.9 Å². The first-order chi connectivity index (χ1) is 21.6. The molecule has 9 nitrogen and oxygen atoms in total. The fourth-order valence-corrected chi connectivity index (χ4v) is 5.58. The molecule has 4 N–H and O–H groups in total. The lowest BCUT2D eigenvalue weighted by Gasteiger charge is -2.37. The van der Waals surface area contributed by atoms with Gasteiger partial charge in [0.25, 0.3) is 0 Å². The number of benzene rings is 3. The average molecular weight is 632 g/mol. The molecule has 0 fully saturated rings. The molecule has 0 bridgehead atoms. The Morgan fingerprint density at radius 2 is 1.73 bits per heavy atom. The lowest BCUT2D eigenvalue weighted by molar-refractivity contribution is -0.142. The predicted octanol–water partition coefficient (Wildman–Crippen LogP) is 4.88. The third-order valence-corrected chi connectivity index (χ3v) is 8.55. The van der Waals surface area contributed by atoms with E-state index in [0.29, 0.717) is 48.5 Å². The maximum absolute atomic E-state index is 13.9. The van der Waals surface area contributed by atoms with Crippen LogP contribution in [0.3, 0.4) is 0 Å². The highest BCUT2D eigenvalue weighted by Crippen LogP contribution is 2.26. The minimum Gasteiger partial charge on any atom is -0.378 e. The average Bonchev–Trinajstić information content (AvgIpc) is 3.04. The van der Waals surface area contributed by atoms with Gasteiger partial charge >= 0.3 is 0 Å². The molecule has 0 unspecified atom stereocenters. The molecular formula is C35H42ClN5O4. The van der Waals surface area contributed by atoms with Gasteiger partial charge in [-0.15, -0.1) is 0 Å². The van der Waals surface area contributed by atoms with E-state index in [2.05, 4.69) is 10.6 Å². The summed E-state index contributed by atoms with van der Waals surface area (Å²) in [5.74, 6) is -1.20. The summed E-state index contributed by atoms with van der Waals surface area (Å²) in [5, 5.41) is 6.41. The Kier molecular flexibility index (Phi) is 11.7. The zero-order valence-corrected chi connectivity index (χ0v) is 26.9. The number of anilines is 2. The van der Waals surface area contributed by atoms with Crippen LogP contribution in [0.5, 0.6) is 0 Å². The molecular weight excluding hydrogens is 590 g/mol. The van der Waals surface area contributed by atoms with E-state index in [1.165, 1.54) is 0 Å². The van der Waals surface area contributed by atoms with Crippen molar-refractivity contribution in [1.82, 2.24) is 10.2 Å². The molecule has 1 aliphatic rings. The number of unbranched alkanes of at least 4 members (excludes halogenated alkanes) is 1. The molecule has 4 rings (SSSR count). The van der Waals surface area contributed by atoms with E-state index >= 15 is 0 Å². The van der Waals surface area contributed by atoms with Crippen LogP contribution in [0.4, 0.5) is 11.4 Å². The quantitative estimate of drug-likeness (QED) is 0.182. The van der Waals surface area contributed by atoms with Crippen LogP contribution in [-0.2, 0) is 27.3 Å². The van der Waals surface area contributed by atoms with Crippen LogP contribution < -0.4 is 21.3 Å². The first-order valence-corrected chi connectivity index (χ1v) is 15.7. The number of carbonyl (C=O) groups is 4. The molecule has 238 valence electrons. The number of aryl methyl sites for hydroxylation is 1. The van der Waals surface area contributed by atoms with Gasteiger partial charge in [-0.2, -0.15) is 0 Å². The zero-order valence-electron chi connectivity index (χ0n) is 26.1. The van der Waals surface area contributed by atoms with Crippen molar-refractivity contribution < 1.29 is 19.2 Å². The van der Waals surface area contributed by atoms with Crippen LogP contribution in [0.2, 0.25) is 5.02 Å². The molecule has 1 heterocycles. The topological polar surface area (TPSA) is 125 Å². The second-order valence-electron chi connectivity index (χ2n) is 11.7. The highest BCUT2D eigenvalue weighted by molar-refractivity contribution is 6.31. The number of fused-ring (bicyclic) bond motifs is 1. The summed E-state index contributed by atoms with van der Waals surface area (Å²) in [6.45, 7) is 2.56. The van der Waals surface area contributed by atoms with Crippen LogP contribution in [0, 0.1) is 6.92 Å². The number of Topliss-reactive ketones (excluding diaryl/α,β-unsaturated/α-hetero) is 1. The van der Waals surface area contributed by atoms with Crippen LogP contribution in [0.15, 0.2) is 66.7 Å². The number of carbonyl (C=O) groups excluding carboxylic acids is 4. The Morgan fingerprint density at radius 1 is 0.978 bits per heavy atom. The highest BCUT2D eigenvalue weighted by atomic mass is 35.5. The van der Waals surface area contributed by atoms with Gasteiger partial charge in [0.15, 0.2) is 5.78 Å². The molecule has 0 saturated carbocycles. The number of nitrogens with one attached hydrogen (secondary N) is 2. The number of halogens is 1. The summed E-state index contributed by atoms with van der Waals surface area (Å²) in [6, 6.07) is 18.5. The SMILES string of the molecule is Cc1cc(NC(=O)[C@H](CCCCN)NC(=O)[C@@H]2Cc3ccccc3CN2C(=O)CCC(=O)c2cccc(N(C)C)c2)ccc1Cl. The fraction of sp³-hybridized carbons (Fsp3) is 0.371. The first kappa shape index (κ1) is 33.7. The predicted molar refractivity (Wildman–Crippen MR) is 178 cm³/mol. The van der Waals surface area contributed by atoms with Gasteiger partial charge in [0.2, 0.25) is 17.7 Å². The molecule has 0 saturated heterocycles. The third kappa shape index (κ3) is 8.93. The minimum atomic E-state index is -0.834. The van der Waals surface area contributed by atoms with E-state index in [4.69, 9.17) is 17.3 Å². The second-order valence-corrected chi connectivity index (χ2v) is 12.1. The van der Waals surface area contributed by atoms with Crippen LogP contribution in [-0.4, -0.2) is 61.1 Å². The van der Waals surface area contributed by atoms with Gasteiger partial charge in [0.05, 0.1) is 0 Å². The molecule has 3 aromatic rings. The van der Waals surface area contributed by atoms with Crippen molar-refractivity contribution in [3.63, 3.8) is 0 Å². The maximum Gasteiger partial charge on any atom is 0.246 e. The lowest BCUT2D eigenvalue weighted by Crippen LogP contribution is -2.56. The van der Waals surface area contributed by atoms with Gasteiger partial charge in [-0.25, -0.2) is 0 Å². The van der Waals surface area contributed by atoms with E-state index in [0.717, 1.165) is 22.4 Å². The van der Waals surface area contributed by atoms with Gasteiger partial charge in [-0.1, -0.05) is 48.0 Å². The Hall–Kier alpha value is -4.21. The van der Waals surface area contributed by atoms with Crippen molar-refractivity contribution in [1.29, 1.82) is 0 Å². The number of rotatable bonds is 13. The zero-order chi connectivity index (χ0) is 32.5. The van der Waals surface area contributed by atoms with E-state index in [-0.39, 0.29) is 37.0 Å². The molecule has 0 spiro atoms. The maximum atomic E-state index is 13.9. The van der Waals surface area contributed by atoms with Crippen molar-refractivity contribution in [3.05, 3.63) is 94.0 Å². The normalized spacial score (nSPS) is 14.7. The van der Waals surface area contributed by atoms with Crippen LogP contribution in [0.1, 0.15) is 59.2 Å². The Labute approximate surface area is 270 Å². The smallest absolute Gasteiger partial charge is 0.246 e. The van der Waals surface area contributed by atoms with E-state index in [1.807, 2.05) is 62.3 Å². The molecule has 0 radical (unpaired) electrons. The van der Waals surface area contributed by atoms with Crippen molar-refractivity contribution in [3.8, 4) is 0 Å².